The topological polar surface area (TPSA) is 61.8 Å². The first-order valence-corrected chi connectivity index (χ1v) is 24.2. The van der Waals surface area contributed by atoms with E-state index in [1.807, 2.05) is 0 Å². The quantitative estimate of drug-likeness (QED) is 0.0350. The molecule has 0 amide bonds. The summed E-state index contributed by atoms with van der Waals surface area (Å²) in [5, 5.41) is 0. The molecule has 1 unspecified atom stereocenters. The summed E-state index contributed by atoms with van der Waals surface area (Å²) in [6.07, 6.45) is 57.0. The van der Waals surface area contributed by atoms with Crippen LogP contribution in [0.5, 0.6) is 0 Å². The summed E-state index contributed by atoms with van der Waals surface area (Å²) in [7, 11) is 0. The van der Waals surface area contributed by atoms with Crippen molar-refractivity contribution in [2.75, 3.05) is 19.8 Å². The maximum Gasteiger partial charge on any atom is 0.306 e. The number of hydrogen-bond donors (Lipinski definition) is 0. The second-order valence-corrected chi connectivity index (χ2v) is 16.0. The maximum absolute atomic E-state index is 12.6. The zero-order chi connectivity index (χ0) is 40.7. The number of carbonyl (C=O) groups excluding carboxylic acids is 2. The Morgan fingerprint density at radius 1 is 0.411 bits per heavy atom. The Bertz CT molecular complexity index is 935. The average molecular weight is 785 g/mol. The lowest BCUT2D eigenvalue weighted by atomic mass is 10.0. The highest BCUT2D eigenvalue weighted by Crippen LogP contribution is 2.15. The molecule has 0 spiro atoms. The second kappa shape index (κ2) is 47.2. The molecule has 0 aliphatic heterocycles. The van der Waals surface area contributed by atoms with Crippen molar-refractivity contribution in [3.05, 3.63) is 48.6 Å². The highest BCUT2D eigenvalue weighted by Gasteiger charge is 2.17. The number of hydrogen-bond acceptors (Lipinski definition) is 5. The van der Waals surface area contributed by atoms with Gasteiger partial charge in [0.2, 0.25) is 0 Å². The van der Waals surface area contributed by atoms with Crippen LogP contribution in [-0.2, 0) is 23.8 Å². The SMILES string of the molecule is CC/C=C\C/C=C\C/C=C\C/C=C\CCCCCCCOCC(COC(=O)CCCCCCCCCCCCCCCCC)OC(=O)CCCCCCCCC. The van der Waals surface area contributed by atoms with E-state index in [-0.39, 0.29) is 25.2 Å². The Labute approximate surface area is 348 Å². The Balaban J connectivity index is 4.15. The molecule has 0 bridgehead atoms. The summed E-state index contributed by atoms with van der Waals surface area (Å²) in [5.41, 5.74) is 0. The first kappa shape index (κ1) is 53.9. The second-order valence-electron chi connectivity index (χ2n) is 16.0. The van der Waals surface area contributed by atoms with E-state index in [2.05, 4.69) is 69.4 Å². The van der Waals surface area contributed by atoms with Gasteiger partial charge in [-0.3, -0.25) is 9.59 Å². The molecule has 0 heterocycles. The largest absolute Gasteiger partial charge is 0.462 e. The highest BCUT2D eigenvalue weighted by atomic mass is 16.6. The van der Waals surface area contributed by atoms with Crippen molar-refractivity contribution in [1.29, 1.82) is 0 Å². The Hall–Kier alpha value is -2.14. The Kier molecular flexibility index (Phi) is 45.4. The smallest absolute Gasteiger partial charge is 0.306 e. The van der Waals surface area contributed by atoms with Crippen LogP contribution in [0.2, 0.25) is 0 Å². The van der Waals surface area contributed by atoms with E-state index in [0.29, 0.717) is 19.4 Å². The maximum atomic E-state index is 12.6. The standard InChI is InChI=1S/C51H92O5/c1-4-7-10-13-16-18-20-22-24-25-26-28-30-32-34-37-40-43-46-54-47-49(56-51(53)45-42-39-35-15-12-9-6-3)48-55-50(52)44-41-38-36-33-31-29-27-23-21-19-17-14-11-8-5-2/h7,10,16,18,22,24,26,28,49H,4-6,8-9,11-15,17,19-21,23,25,27,29-48H2,1-3H3/b10-7-,18-16-,24-22-,28-26-. The molecule has 0 aromatic heterocycles. The van der Waals surface area contributed by atoms with Crippen LogP contribution in [0.3, 0.4) is 0 Å². The van der Waals surface area contributed by atoms with Gasteiger partial charge in [-0.1, -0.05) is 217 Å². The number of carbonyl (C=O) groups is 2. The molecule has 5 nitrogen and oxygen atoms in total. The fraction of sp³-hybridized carbons (Fsp3) is 0.804. The number of unbranched alkanes of at least 4 members (excludes halogenated alkanes) is 25. The van der Waals surface area contributed by atoms with Crippen molar-refractivity contribution in [2.24, 2.45) is 0 Å². The summed E-state index contributed by atoms with van der Waals surface area (Å²) in [6, 6.07) is 0. The van der Waals surface area contributed by atoms with E-state index in [9.17, 15) is 9.59 Å². The third kappa shape index (κ3) is 44.6. The molecule has 0 aromatic carbocycles. The van der Waals surface area contributed by atoms with Crippen molar-refractivity contribution in [2.45, 2.75) is 245 Å². The zero-order valence-corrected chi connectivity index (χ0v) is 37.4. The van der Waals surface area contributed by atoms with E-state index in [4.69, 9.17) is 14.2 Å². The molecule has 0 aliphatic rings. The van der Waals surface area contributed by atoms with Crippen molar-refractivity contribution < 1.29 is 23.8 Å². The molecule has 0 N–H and O–H groups in total. The number of allylic oxidation sites excluding steroid dienone is 8. The minimum absolute atomic E-state index is 0.0810. The van der Waals surface area contributed by atoms with Crippen molar-refractivity contribution in [1.82, 2.24) is 0 Å². The lowest BCUT2D eigenvalue weighted by Crippen LogP contribution is -2.30. The predicted octanol–water partition coefficient (Wildman–Crippen LogP) is 16.0. The molecule has 0 saturated carbocycles. The van der Waals surface area contributed by atoms with E-state index in [1.54, 1.807) is 0 Å². The highest BCUT2D eigenvalue weighted by molar-refractivity contribution is 5.70. The molecule has 0 saturated heterocycles. The number of esters is 2. The van der Waals surface area contributed by atoms with Crippen LogP contribution in [0.1, 0.15) is 239 Å². The minimum atomic E-state index is -0.539. The fourth-order valence-electron chi connectivity index (χ4n) is 6.80. The summed E-state index contributed by atoms with van der Waals surface area (Å²) >= 11 is 0. The van der Waals surface area contributed by atoms with Crippen LogP contribution in [0.4, 0.5) is 0 Å². The van der Waals surface area contributed by atoms with Crippen molar-refractivity contribution in [3.63, 3.8) is 0 Å². The number of rotatable bonds is 44. The van der Waals surface area contributed by atoms with Crippen LogP contribution >= 0.6 is 0 Å². The molecule has 5 heteroatoms. The zero-order valence-electron chi connectivity index (χ0n) is 37.4. The summed E-state index contributed by atoms with van der Waals surface area (Å²) < 4.78 is 17.3. The minimum Gasteiger partial charge on any atom is -0.462 e. The first-order valence-electron chi connectivity index (χ1n) is 24.2. The molecular formula is C51H92O5. The van der Waals surface area contributed by atoms with Crippen molar-refractivity contribution in [3.8, 4) is 0 Å². The summed E-state index contributed by atoms with van der Waals surface area (Å²) in [4.78, 5) is 25.2. The first-order chi connectivity index (χ1) is 27.6. The van der Waals surface area contributed by atoms with Gasteiger partial charge in [-0.2, -0.15) is 0 Å². The summed E-state index contributed by atoms with van der Waals surface area (Å²) in [5.74, 6) is -0.406. The monoisotopic (exact) mass is 785 g/mol. The van der Waals surface area contributed by atoms with E-state index >= 15 is 0 Å². The lowest BCUT2D eigenvalue weighted by molar-refractivity contribution is -0.163. The van der Waals surface area contributed by atoms with Gasteiger partial charge in [0.15, 0.2) is 6.10 Å². The summed E-state index contributed by atoms with van der Waals surface area (Å²) in [6.45, 7) is 7.66. The van der Waals surface area contributed by atoms with Gasteiger partial charge in [0.25, 0.3) is 0 Å². The van der Waals surface area contributed by atoms with Gasteiger partial charge in [-0.15, -0.1) is 0 Å². The van der Waals surface area contributed by atoms with Gasteiger partial charge in [0.1, 0.15) is 6.61 Å². The molecule has 326 valence electrons. The van der Waals surface area contributed by atoms with Gasteiger partial charge in [0.05, 0.1) is 6.61 Å². The van der Waals surface area contributed by atoms with Crippen LogP contribution < -0.4 is 0 Å². The van der Waals surface area contributed by atoms with E-state index < -0.39 is 6.10 Å². The lowest BCUT2D eigenvalue weighted by Gasteiger charge is -2.18. The molecule has 0 aromatic rings. The van der Waals surface area contributed by atoms with Crippen molar-refractivity contribution >= 4 is 11.9 Å². The molecule has 0 aliphatic carbocycles. The van der Waals surface area contributed by atoms with Crippen LogP contribution in [0, 0.1) is 0 Å². The van der Waals surface area contributed by atoms with Crippen LogP contribution in [-0.4, -0.2) is 37.9 Å². The Morgan fingerprint density at radius 3 is 1.29 bits per heavy atom. The Morgan fingerprint density at radius 2 is 0.804 bits per heavy atom. The van der Waals surface area contributed by atoms with Gasteiger partial charge in [0, 0.05) is 19.4 Å². The van der Waals surface area contributed by atoms with E-state index in [0.717, 1.165) is 70.6 Å². The average Bonchev–Trinajstić information content (AvgIpc) is 3.20. The van der Waals surface area contributed by atoms with Crippen LogP contribution in [0.15, 0.2) is 48.6 Å². The molecule has 0 fully saturated rings. The molecular weight excluding hydrogens is 693 g/mol. The number of ether oxygens (including phenoxy) is 3. The van der Waals surface area contributed by atoms with Gasteiger partial charge < -0.3 is 14.2 Å². The molecule has 1 atom stereocenters. The van der Waals surface area contributed by atoms with Crippen LogP contribution in [0.25, 0.3) is 0 Å². The van der Waals surface area contributed by atoms with Gasteiger partial charge in [-0.25, -0.2) is 0 Å². The molecule has 0 radical (unpaired) electrons. The molecule has 56 heavy (non-hydrogen) atoms. The normalized spacial score (nSPS) is 12.6. The predicted molar refractivity (Wildman–Crippen MR) is 242 cm³/mol. The molecule has 0 rings (SSSR count). The van der Waals surface area contributed by atoms with Gasteiger partial charge in [-0.05, 0) is 57.8 Å². The fourth-order valence-corrected chi connectivity index (χ4v) is 6.80. The third-order valence-corrected chi connectivity index (χ3v) is 10.4. The van der Waals surface area contributed by atoms with E-state index in [1.165, 1.54) is 135 Å². The third-order valence-electron chi connectivity index (χ3n) is 10.4. The van der Waals surface area contributed by atoms with Gasteiger partial charge >= 0.3 is 11.9 Å².